The van der Waals surface area contributed by atoms with Crippen molar-refractivity contribution >= 4 is 0 Å². The Kier molecular flexibility index (Phi) is 2.67. The van der Waals surface area contributed by atoms with Crippen LogP contribution in [0.5, 0.6) is 0 Å². The van der Waals surface area contributed by atoms with Crippen LogP contribution >= 0.6 is 0 Å². The lowest BCUT2D eigenvalue weighted by Gasteiger charge is -2.68. The zero-order valence-corrected chi connectivity index (χ0v) is 12.8. The van der Waals surface area contributed by atoms with Crippen LogP contribution in [0.25, 0.3) is 0 Å². The van der Waals surface area contributed by atoms with Crippen LogP contribution in [0.3, 0.4) is 0 Å². The second-order valence-corrected chi connectivity index (χ2v) is 9.09. The van der Waals surface area contributed by atoms with Gasteiger partial charge in [-0.05, 0) is 98.3 Å². The van der Waals surface area contributed by atoms with Gasteiger partial charge in [-0.3, -0.25) is 0 Å². The van der Waals surface area contributed by atoms with Gasteiger partial charge in [0.25, 0.3) is 0 Å². The van der Waals surface area contributed by atoms with Crippen LogP contribution in [0.2, 0.25) is 0 Å². The van der Waals surface area contributed by atoms with E-state index in [1.807, 2.05) is 0 Å². The van der Waals surface area contributed by atoms with Crippen molar-refractivity contribution in [3.63, 3.8) is 0 Å². The summed E-state index contributed by atoms with van der Waals surface area (Å²) in [6, 6.07) is 0. The highest BCUT2D eigenvalue weighted by atomic mass is 14.7. The van der Waals surface area contributed by atoms with Crippen LogP contribution in [0.4, 0.5) is 0 Å². The summed E-state index contributed by atoms with van der Waals surface area (Å²) in [5.74, 6) is 5.07. The fourth-order valence-corrected chi connectivity index (χ4v) is 6.99. The van der Waals surface area contributed by atoms with Gasteiger partial charge in [0.2, 0.25) is 0 Å². The molecule has 0 aromatic heterocycles. The Bertz CT molecular complexity index is 329. The zero-order chi connectivity index (χ0) is 13.3. The molecule has 2 N–H and O–H groups in total. The Hall–Kier alpha value is -0.0400. The van der Waals surface area contributed by atoms with Crippen molar-refractivity contribution in [1.82, 2.24) is 0 Å². The van der Waals surface area contributed by atoms with E-state index in [9.17, 15) is 0 Å². The van der Waals surface area contributed by atoms with Crippen molar-refractivity contribution < 1.29 is 0 Å². The minimum atomic E-state index is 0.554. The van der Waals surface area contributed by atoms with Crippen LogP contribution in [-0.4, -0.2) is 6.54 Å². The molecule has 5 aliphatic rings. The third-order valence-electron chi connectivity index (χ3n) is 7.80. The van der Waals surface area contributed by atoms with E-state index in [-0.39, 0.29) is 0 Å². The Morgan fingerprint density at radius 3 is 1.74 bits per heavy atom. The van der Waals surface area contributed by atoms with Gasteiger partial charge >= 0.3 is 0 Å². The molecule has 0 heterocycles. The van der Waals surface area contributed by atoms with Gasteiger partial charge in [0.15, 0.2) is 0 Å². The lowest BCUT2D eigenvalue weighted by molar-refractivity contribution is -0.180. The molecule has 0 spiro atoms. The van der Waals surface area contributed by atoms with Gasteiger partial charge in [-0.25, -0.2) is 0 Å². The molecule has 5 fully saturated rings. The van der Waals surface area contributed by atoms with Gasteiger partial charge in [0.1, 0.15) is 0 Å². The maximum atomic E-state index is 6.35. The molecule has 1 heteroatoms. The van der Waals surface area contributed by atoms with E-state index >= 15 is 0 Å². The molecule has 0 radical (unpaired) electrons. The molecule has 0 atom stereocenters. The molecule has 0 aliphatic heterocycles. The van der Waals surface area contributed by atoms with Crippen molar-refractivity contribution in [2.45, 2.75) is 65.2 Å². The highest BCUT2D eigenvalue weighted by Gasteiger charge is 2.63. The summed E-state index contributed by atoms with van der Waals surface area (Å²) in [7, 11) is 0. The molecule has 0 aromatic carbocycles. The number of nitrogens with two attached hydrogens (primary N) is 1. The van der Waals surface area contributed by atoms with Gasteiger partial charge in [-0.2, -0.15) is 0 Å². The van der Waals surface area contributed by atoms with Crippen molar-refractivity contribution in [3.05, 3.63) is 0 Å². The maximum absolute atomic E-state index is 6.35. The zero-order valence-electron chi connectivity index (χ0n) is 12.8. The number of hydrogen-bond donors (Lipinski definition) is 1. The Morgan fingerprint density at radius 2 is 1.37 bits per heavy atom. The summed E-state index contributed by atoms with van der Waals surface area (Å²) < 4.78 is 0. The second kappa shape index (κ2) is 4.00. The van der Waals surface area contributed by atoms with Crippen molar-refractivity contribution in [1.29, 1.82) is 0 Å². The molecule has 0 amide bonds. The van der Waals surface area contributed by atoms with Crippen LogP contribution in [0, 0.1) is 40.4 Å². The molecule has 19 heavy (non-hydrogen) atoms. The molecule has 0 saturated heterocycles. The second-order valence-electron chi connectivity index (χ2n) is 9.09. The van der Waals surface area contributed by atoms with E-state index in [2.05, 4.69) is 13.8 Å². The molecule has 1 nitrogen and oxygen atoms in total. The quantitative estimate of drug-likeness (QED) is 0.809. The molecular formula is C18H31N. The normalized spacial score (nSPS) is 55.6. The smallest absolute Gasteiger partial charge is 0.00150 e. The lowest BCUT2D eigenvalue weighted by atomic mass is 9.37. The van der Waals surface area contributed by atoms with Crippen molar-refractivity contribution in [2.24, 2.45) is 46.2 Å². The molecule has 5 saturated carbocycles. The molecule has 5 aliphatic carbocycles. The van der Waals surface area contributed by atoms with Crippen molar-refractivity contribution in [2.75, 3.05) is 6.54 Å². The van der Waals surface area contributed by atoms with Gasteiger partial charge in [-0.15, -0.1) is 0 Å². The van der Waals surface area contributed by atoms with E-state index in [4.69, 9.17) is 5.73 Å². The van der Waals surface area contributed by atoms with Crippen LogP contribution < -0.4 is 5.73 Å². The average molecular weight is 261 g/mol. The molecule has 108 valence electrons. The predicted octanol–water partition coefficient (Wildman–Crippen LogP) is 4.21. The summed E-state index contributed by atoms with van der Waals surface area (Å²) in [6.07, 6.45) is 12.2. The highest BCUT2D eigenvalue weighted by Crippen LogP contribution is 2.71. The van der Waals surface area contributed by atoms with E-state index in [0.717, 1.165) is 36.1 Å². The predicted molar refractivity (Wildman–Crippen MR) is 79.7 cm³/mol. The van der Waals surface area contributed by atoms with Crippen LogP contribution in [-0.2, 0) is 0 Å². The summed E-state index contributed by atoms with van der Waals surface area (Å²) in [5, 5.41) is 0. The maximum Gasteiger partial charge on any atom is -0.00150 e. The standard InChI is InChI=1S/C18H31N/c1-12(2)16-9-18(10-16,11-19)17-6-13-3-14(7-17)5-15(4-13)8-17/h12-16H,3-11,19H2,1-2H3. The first-order valence-electron chi connectivity index (χ1n) is 8.76. The van der Waals surface area contributed by atoms with Gasteiger partial charge in [0, 0.05) is 0 Å². The fraction of sp³-hybridized carbons (Fsp3) is 1.00. The van der Waals surface area contributed by atoms with E-state index in [0.29, 0.717) is 10.8 Å². The van der Waals surface area contributed by atoms with Gasteiger partial charge < -0.3 is 5.73 Å². The average Bonchev–Trinajstić information content (AvgIpc) is 2.25. The van der Waals surface area contributed by atoms with E-state index in [1.54, 1.807) is 38.5 Å². The van der Waals surface area contributed by atoms with Gasteiger partial charge in [0.05, 0.1) is 0 Å². The Balaban J connectivity index is 1.60. The topological polar surface area (TPSA) is 26.0 Å². The van der Waals surface area contributed by atoms with Crippen LogP contribution in [0.1, 0.15) is 65.2 Å². The molecule has 5 rings (SSSR count). The lowest BCUT2D eigenvalue weighted by Crippen LogP contribution is -2.62. The molecule has 0 aromatic rings. The van der Waals surface area contributed by atoms with Gasteiger partial charge in [-0.1, -0.05) is 13.8 Å². The highest BCUT2D eigenvalue weighted by molar-refractivity contribution is 5.13. The third kappa shape index (κ3) is 1.63. The largest absolute Gasteiger partial charge is 0.330 e. The van der Waals surface area contributed by atoms with E-state index in [1.165, 1.54) is 12.8 Å². The fourth-order valence-electron chi connectivity index (χ4n) is 6.99. The monoisotopic (exact) mass is 261 g/mol. The molecule has 4 bridgehead atoms. The summed E-state index contributed by atoms with van der Waals surface area (Å²) in [5.41, 5.74) is 7.59. The van der Waals surface area contributed by atoms with Crippen molar-refractivity contribution in [3.8, 4) is 0 Å². The molecule has 0 unspecified atom stereocenters. The Labute approximate surface area is 118 Å². The summed E-state index contributed by atoms with van der Waals surface area (Å²) in [6.45, 7) is 5.79. The first-order valence-corrected chi connectivity index (χ1v) is 8.76. The number of rotatable bonds is 3. The molecular weight excluding hydrogens is 230 g/mol. The first-order chi connectivity index (χ1) is 9.06. The minimum Gasteiger partial charge on any atom is -0.330 e. The summed E-state index contributed by atoms with van der Waals surface area (Å²) >= 11 is 0. The van der Waals surface area contributed by atoms with Crippen LogP contribution in [0.15, 0.2) is 0 Å². The first kappa shape index (κ1) is 12.7. The SMILES string of the molecule is CC(C)C1CC(CN)(C23CC4CC(CC(C4)C2)C3)C1. The summed E-state index contributed by atoms with van der Waals surface area (Å²) in [4.78, 5) is 0. The third-order valence-corrected chi connectivity index (χ3v) is 7.80. The van der Waals surface area contributed by atoms with E-state index < -0.39 is 0 Å². The number of hydrogen-bond acceptors (Lipinski definition) is 1. The Morgan fingerprint density at radius 1 is 0.895 bits per heavy atom. The minimum absolute atomic E-state index is 0.554.